The summed E-state index contributed by atoms with van der Waals surface area (Å²) in [5.41, 5.74) is 8.10. The summed E-state index contributed by atoms with van der Waals surface area (Å²) in [6.45, 7) is 0. The topological polar surface area (TPSA) is 13.1 Å². The first-order valence-corrected chi connectivity index (χ1v) is 15.2. The number of furan rings is 1. The third kappa shape index (κ3) is 3.19. The molecule has 0 aliphatic heterocycles. The summed E-state index contributed by atoms with van der Waals surface area (Å²) in [5, 5.41) is 10.1. The van der Waals surface area contributed by atoms with E-state index in [2.05, 4.69) is 109 Å². The van der Waals surface area contributed by atoms with Crippen molar-refractivity contribution in [1.29, 1.82) is 0 Å². The van der Waals surface area contributed by atoms with Crippen molar-refractivity contribution in [1.82, 2.24) is 0 Å². The van der Waals surface area contributed by atoms with Gasteiger partial charge in [0.05, 0.1) is 2.74 Å². The lowest BCUT2D eigenvalue weighted by atomic mass is 9.81. The molecule has 0 radical (unpaired) electrons. The minimum absolute atomic E-state index is 0.328. The third-order valence-electron chi connectivity index (χ3n) is 9.40. The fourth-order valence-corrected chi connectivity index (χ4v) is 7.61. The van der Waals surface area contributed by atoms with E-state index < -0.39 is 0 Å². The molecule has 0 spiro atoms. The molecule has 0 saturated heterocycles. The highest BCUT2D eigenvalue weighted by atomic mass is 16.3. The van der Waals surface area contributed by atoms with Crippen molar-refractivity contribution in [2.45, 2.75) is 6.42 Å². The molecule has 9 aromatic rings. The van der Waals surface area contributed by atoms with Gasteiger partial charge < -0.3 is 4.42 Å². The van der Waals surface area contributed by atoms with Crippen LogP contribution in [0.15, 0.2) is 144 Å². The lowest BCUT2D eigenvalue weighted by Gasteiger charge is -2.21. The van der Waals surface area contributed by atoms with Gasteiger partial charge in [0.15, 0.2) is 0 Å². The first kappa shape index (κ1) is 22.0. The van der Waals surface area contributed by atoms with Crippen LogP contribution in [0.25, 0.3) is 93.4 Å². The molecule has 1 heteroatoms. The number of benzene rings is 8. The van der Waals surface area contributed by atoms with Gasteiger partial charge in [-0.15, -0.1) is 0 Å². The molecule has 1 heterocycles. The van der Waals surface area contributed by atoms with E-state index in [1.807, 2.05) is 24.3 Å². The molecule has 1 aliphatic rings. The average Bonchev–Trinajstić information content (AvgIpc) is 3.52. The van der Waals surface area contributed by atoms with E-state index in [1.165, 1.54) is 32.8 Å². The normalized spacial score (nSPS) is 13.5. The van der Waals surface area contributed by atoms with Gasteiger partial charge in [0.25, 0.3) is 0 Å². The molecule has 10 rings (SSSR count). The van der Waals surface area contributed by atoms with Gasteiger partial charge in [0.1, 0.15) is 11.2 Å². The predicted octanol–water partition coefficient (Wildman–Crippen LogP) is 12.1. The fourth-order valence-electron chi connectivity index (χ4n) is 7.61. The Hall–Kier alpha value is -5.66. The fraction of sp³-hybridized carbons (Fsp3) is 0.0233. The van der Waals surface area contributed by atoms with Crippen molar-refractivity contribution in [2.24, 2.45) is 0 Å². The summed E-state index contributed by atoms with van der Waals surface area (Å²) < 4.78 is 25.7. The molecule has 8 aromatic carbocycles. The largest absolute Gasteiger partial charge is 0.455 e. The number of hydrogen-bond donors (Lipinski definition) is 0. The lowest BCUT2D eigenvalue weighted by Crippen LogP contribution is -1.97. The van der Waals surface area contributed by atoms with Crippen molar-refractivity contribution < 1.29 is 7.16 Å². The van der Waals surface area contributed by atoms with E-state index in [0.717, 1.165) is 61.0 Å². The molecule has 204 valence electrons. The van der Waals surface area contributed by atoms with Crippen LogP contribution in [-0.4, -0.2) is 0 Å². The van der Waals surface area contributed by atoms with E-state index >= 15 is 0 Å². The zero-order valence-corrected chi connectivity index (χ0v) is 23.8. The monoisotopic (exact) mass is 560 g/mol. The van der Waals surface area contributed by atoms with Gasteiger partial charge in [-0.25, -0.2) is 0 Å². The van der Waals surface area contributed by atoms with Crippen LogP contribution in [0, 0.1) is 0 Å². The lowest BCUT2D eigenvalue weighted by molar-refractivity contribution is 0.671. The number of hydrogen-bond acceptors (Lipinski definition) is 1. The van der Waals surface area contributed by atoms with Crippen LogP contribution >= 0.6 is 0 Å². The van der Waals surface area contributed by atoms with Crippen molar-refractivity contribution >= 4 is 71.1 Å². The Morgan fingerprint density at radius 3 is 1.84 bits per heavy atom. The second kappa shape index (κ2) is 8.92. The van der Waals surface area contributed by atoms with Gasteiger partial charge in [0, 0.05) is 21.9 Å². The van der Waals surface area contributed by atoms with Crippen molar-refractivity contribution in [3.63, 3.8) is 0 Å². The summed E-state index contributed by atoms with van der Waals surface area (Å²) in [6.07, 6.45) is 5.25. The average molecular weight is 561 g/mol. The molecule has 44 heavy (non-hydrogen) atoms. The Bertz CT molecular complexity index is 2730. The summed E-state index contributed by atoms with van der Waals surface area (Å²) in [5.74, 6) is 0. The Morgan fingerprint density at radius 2 is 1.11 bits per heavy atom. The zero-order chi connectivity index (χ0) is 30.5. The summed E-state index contributed by atoms with van der Waals surface area (Å²) >= 11 is 0. The second-order valence-electron chi connectivity index (χ2n) is 11.7. The van der Waals surface area contributed by atoms with Gasteiger partial charge in [-0.2, -0.15) is 0 Å². The van der Waals surface area contributed by atoms with Crippen LogP contribution in [0.1, 0.15) is 13.9 Å². The minimum Gasteiger partial charge on any atom is -0.455 e. The predicted molar refractivity (Wildman–Crippen MR) is 187 cm³/mol. The first-order chi connectivity index (χ1) is 22.7. The minimum atomic E-state index is 0.328. The molecule has 1 aliphatic carbocycles. The summed E-state index contributed by atoms with van der Waals surface area (Å²) in [6, 6.07) is 43.1. The Balaban J connectivity index is 1.50. The van der Waals surface area contributed by atoms with Gasteiger partial charge >= 0.3 is 0 Å². The first-order valence-electron chi connectivity index (χ1n) is 16.2. The SMILES string of the molecule is [2H]c1c2ccccc2c([2H])c2c1oc1c(-c3c4ccccc4c(-c4ccccc4)c4ccccc34)c3cccc4c3c(c12)C=CC4. The quantitative estimate of drug-likeness (QED) is 0.192. The molecule has 1 nitrogen and oxygen atoms in total. The Morgan fingerprint density at radius 1 is 0.500 bits per heavy atom. The standard InChI is InChI=1S/C43H26O/c1-2-12-26(13-3-1)38-30-18-6-8-20-32(30)40(33-21-9-7-19-31(33)38)42-35-23-11-17-27-16-10-22-34(39(27)35)41-36-24-28-14-4-5-15-29(28)25-37(36)44-43(41)42/h1-15,17-25H,16H2/i24D,25D. The Kier molecular flexibility index (Phi) is 4.45. The molecule has 0 amide bonds. The third-order valence-corrected chi connectivity index (χ3v) is 9.40. The van der Waals surface area contributed by atoms with Crippen LogP contribution in [0.4, 0.5) is 0 Å². The molecule has 0 N–H and O–H groups in total. The molecule has 0 atom stereocenters. The van der Waals surface area contributed by atoms with E-state index in [9.17, 15) is 2.74 Å². The Labute approximate surface area is 257 Å². The van der Waals surface area contributed by atoms with E-state index in [0.29, 0.717) is 23.1 Å². The maximum atomic E-state index is 9.47. The van der Waals surface area contributed by atoms with E-state index in [-0.39, 0.29) is 0 Å². The molecule has 0 unspecified atom stereocenters. The molecule has 0 saturated carbocycles. The number of rotatable bonds is 2. The highest BCUT2D eigenvalue weighted by Crippen LogP contribution is 2.51. The number of allylic oxidation sites excluding steroid dienone is 1. The number of fused-ring (bicyclic) bond motifs is 7. The van der Waals surface area contributed by atoms with Crippen molar-refractivity contribution in [3.8, 4) is 22.3 Å². The van der Waals surface area contributed by atoms with E-state index in [1.54, 1.807) is 0 Å². The second-order valence-corrected chi connectivity index (χ2v) is 11.7. The molecule has 0 fully saturated rings. The van der Waals surface area contributed by atoms with E-state index in [4.69, 9.17) is 4.42 Å². The highest BCUT2D eigenvalue weighted by Gasteiger charge is 2.26. The van der Waals surface area contributed by atoms with Crippen LogP contribution in [-0.2, 0) is 6.42 Å². The van der Waals surface area contributed by atoms with Crippen LogP contribution < -0.4 is 0 Å². The summed E-state index contributed by atoms with van der Waals surface area (Å²) in [4.78, 5) is 0. The van der Waals surface area contributed by atoms with Gasteiger partial charge in [-0.1, -0.05) is 133 Å². The zero-order valence-electron chi connectivity index (χ0n) is 25.8. The molecule has 0 bridgehead atoms. The van der Waals surface area contributed by atoms with Gasteiger partial charge in [-0.05, 0) is 83.8 Å². The van der Waals surface area contributed by atoms with Crippen molar-refractivity contribution in [3.05, 3.63) is 151 Å². The van der Waals surface area contributed by atoms with Crippen LogP contribution in [0.2, 0.25) is 0 Å². The molecular formula is C43H26O. The highest BCUT2D eigenvalue weighted by molar-refractivity contribution is 6.31. The van der Waals surface area contributed by atoms with Crippen molar-refractivity contribution in [2.75, 3.05) is 0 Å². The molecular weight excluding hydrogens is 532 g/mol. The summed E-state index contributed by atoms with van der Waals surface area (Å²) in [7, 11) is 0. The van der Waals surface area contributed by atoms with Gasteiger partial charge in [0.2, 0.25) is 0 Å². The van der Waals surface area contributed by atoms with Gasteiger partial charge in [-0.3, -0.25) is 0 Å². The maximum Gasteiger partial charge on any atom is 0.144 e. The van der Waals surface area contributed by atoms with Crippen LogP contribution in [0.5, 0.6) is 0 Å². The molecule has 1 aromatic heterocycles. The van der Waals surface area contributed by atoms with Crippen LogP contribution in [0.3, 0.4) is 0 Å². The maximum absolute atomic E-state index is 9.47. The smallest absolute Gasteiger partial charge is 0.144 e.